The van der Waals surface area contributed by atoms with E-state index in [1.165, 1.54) is 24.3 Å². The van der Waals surface area contributed by atoms with Crippen molar-refractivity contribution in [1.82, 2.24) is 5.32 Å². The summed E-state index contributed by atoms with van der Waals surface area (Å²) in [4.78, 5) is 0. The molecule has 0 aliphatic heterocycles. The van der Waals surface area contributed by atoms with Crippen LogP contribution in [0.4, 0.5) is 8.78 Å². The van der Waals surface area contributed by atoms with Crippen LogP contribution < -0.4 is 5.32 Å². The second-order valence-electron chi connectivity index (χ2n) is 4.75. The highest BCUT2D eigenvalue weighted by Gasteiger charge is 2.14. The summed E-state index contributed by atoms with van der Waals surface area (Å²) in [5.74, 6) is -0.439. The highest BCUT2D eigenvalue weighted by atomic mass is 35.5. The van der Waals surface area contributed by atoms with Gasteiger partial charge in [-0.1, -0.05) is 29.8 Å². The number of likely N-dealkylation sites (N-methyl/N-ethyl adjacent to an activating group) is 1. The van der Waals surface area contributed by atoms with Crippen LogP contribution in [-0.2, 0) is 6.42 Å². The Kier molecular flexibility index (Phi) is 5.10. The van der Waals surface area contributed by atoms with Crippen LogP contribution in [0.2, 0.25) is 5.02 Å². The predicted molar refractivity (Wildman–Crippen MR) is 78.2 cm³/mol. The smallest absolute Gasteiger partial charge is 0.124 e. The quantitative estimate of drug-likeness (QED) is 0.873. The first-order chi connectivity index (χ1) is 9.60. The molecule has 4 heteroatoms. The molecule has 0 radical (unpaired) electrons. The van der Waals surface area contributed by atoms with E-state index in [1.54, 1.807) is 18.2 Å². The van der Waals surface area contributed by atoms with E-state index in [-0.39, 0.29) is 17.6 Å². The molecule has 0 aliphatic carbocycles. The molecule has 1 atom stereocenters. The minimum Gasteiger partial charge on any atom is -0.319 e. The van der Waals surface area contributed by atoms with Crippen LogP contribution in [0, 0.1) is 11.6 Å². The predicted octanol–water partition coefficient (Wildman–Crippen LogP) is 4.16. The standard InChI is InChI=1S/C16H16ClF2N/c1-20-10-13(11-2-5-14(18)6-3-11)8-12-4-7-15(19)9-16(12)17/h2-7,9,13,20H,8,10H2,1H3. The van der Waals surface area contributed by atoms with Gasteiger partial charge in [0.25, 0.3) is 0 Å². The van der Waals surface area contributed by atoms with Crippen molar-refractivity contribution < 1.29 is 8.78 Å². The average Bonchev–Trinajstić information content (AvgIpc) is 2.42. The van der Waals surface area contributed by atoms with E-state index < -0.39 is 0 Å². The van der Waals surface area contributed by atoms with Crippen LogP contribution in [0.15, 0.2) is 42.5 Å². The molecule has 2 aromatic rings. The van der Waals surface area contributed by atoms with E-state index in [0.717, 1.165) is 17.7 Å². The Morgan fingerprint density at radius 1 is 1.05 bits per heavy atom. The van der Waals surface area contributed by atoms with Crippen molar-refractivity contribution in [2.75, 3.05) is 13.6 Å². The fraction of sp³-hybridized carbons (Fsp3) is 0.250. The zero-order chi connectivity index (χ0) is 14.5. The van der Waals surface area contributed by atoms with Crippen molar-refractivity contribution in [2.45, 2.75) is 12.3 Å². The van der Waals surface area contributed by atoms with Crippen LogP contribution >= 0.6 is 11.6 Å². The topological polar surface area (TPSA) is 12.0 Å². The maximum atomic E-state index is 13.1. The Hall–Kier alpha value is -1.45. The molecule has 0 heterocycles. The normalized spacial score (nSPS) is 12.4. The summed E-state index contributed by atoms with van der Waals surface area (Å²) < 4.78 is 26.1. The van der Waals surface area contributed by atoms with E-state index in [4.69, 9.17) is 11.6 Å². The van der Waals surface area contributed by atoms with Gasteiger partial charge in [-0.25, -0.2) is 8.78 Å². The molecule has 0 amide bonds. The Labute approximate surface area is 122 Å². The van der Waals surface area contributed by atoms with Crippen molar-refractivity contribution >= 4 is 11.6 Å². The Morgan fingerprint density at radius 2 is 1.70 bits per heavy atom. The molecular weight excluding hydrogens is 280 g/mol. The number of benzene rings is 2. The summed E-state index contributed by atoms with van der Waals surface area (Å²) >= 11 is 6.07. The number of rotatable bonds is 5. The third-order valence-electron chi connectivity index (χ3n) is 3.27. The first-order valence-electron chi connectivity index (χ1n) is 6.44. The van der Waals surface area contributed by atoms with Crippen molar-refractivity contribution in [3.05, 3.63) is 70.2 Å². The molecule has 2 rings (SSSR count). The van der Waals surface area contributed by atoms with Gasteiger partial charge in [0.1, 0.15) is 11.6 Å². The van der Waals surface area contributed by atoms with Crippen molar-refractivity contribution in [3.63, 3.8) is 0 Å². The summed E-state index contributed by atoms with van der Waals surface area (Å²) in [6, 6.07) is 10.9. The monoisotopic (exact) mass is 295 g/mol. The number of hydrogen-bond donors (Lipinski definition) is 1. The van der Waals surface area contributed by atoms with Gasteiger partial charge in [0.05, 0.1) is 0 Å². The van der Waals surface area contributed by atoms with Gasteiger partial charge in [0, 0.05) is 17.5 Å². The highest BCUT2D eigenvalue weighted by molar-refractivity contribution is 6.31. The van der Waals surface area contributed by atoms with E-state index in [1.807, 2.05) is 7.05 Å². The maximum absolute atomic E-state index is 13.1. The highest BCUT2D eigenvalue weighted by Crippen LogP contribution is 2.25. The summed E-state index contributed by atoms with van der Waals surface area (Å²) in [6.07, 6.45) is 0.672. The lowest BCUT2D eigenvalue weighted by Gasteiger charge is -2.18. The van der Waals surface area contributed by atoms with Crippen molar-refractivity contribution in [3.8, 4) is 0 Å². The zero-order valence-corrected chi connectivity index (χ0v) is 11.9. The van der Waals surface area contributed by atoms with E-state index in [0.29, 0.717) is 11.4 Å². The molecular formula is C16H16ClF2N. The van der Waals surface area contributed by atoms with E-state index >= 15 is 0 Å². The van der Waals surface area contributed by atoms with Gasteiger partial charge in [0.15, 0.2) is 0 Å². The first kappa shape index (κ1) is 14.9. The second-order valence-corrected chi connectivity index (χ2v) is 5.15. The molecule has 0 aromatic heterocycles. The molecule has 106 valence electrons. The molecule has 1 unspecified atom stereocenters. The molecule has 2 aromatic carbocycles. The molecule has 0 fully saturated rings. The molecule has 0 saturated carbocycles. The number of hydrogen-bond acceptors (Lipinski definition) is 1. The lowest BCUT2D eigenvalue weighted by Crippen LogP contribution is -2.19. The Morgan fingerprint density at radius 3 is 2.30 bits per heavy atom. The summed E-state index contributed by atoms with van der Waals surface area (Å²) in [5, 5.41) is 3.55. The molecule has 1 N–H and O–H groups in total. The average molecular weight is 296 g/mol. The van der Waals surface area contributed by atoms with Crippen LogP contribution in [-0.4, -0.2) is 13.6 Å². The number of nitrogens with one attached hydrogen (secondary N) is 1. The zero-order valence-electron chi connectivity index (χ0n) is 11.2. The molecule has 1 nitrogen and oxygen atoms in total. The summed E-state index contributed by atoms with van der Waals surface area (Å²) in [6.45, 7) is 0.735. The van der Waals surface area contributed by atoms with Crippen LogP contribution in [0.25, 0.3) is 0 Å². The summed E-state index contributed by atoms with van der Waals surface area (Å²) in [5.41, 5.74) is 1.92. The van der Waals surface area contributed by atoms with Crippen LogP contribution in [0.5, 0.6) is 0 Å². The molecule has 0 aliphatic rings. The SMILES string of the molecule is CNCC(Cc1ccc(F)cc1Cl)c1ccc(F)cc1. The van der Waals surface area contributed by atoms with Gasteiger partial charge in [0.2, 0.25) is 0 Å². The molecule has 20 heavy (non-hydrogen) atoms. The fourth-order valence-corrected chi connectivity index (χ4v) is 2.49. The van der Waals surface area contributed by atoms with Gasteiger partial charge < -0.3 is 5.32 Å². The van der Waals surface area contributed by atoms with Gasteiger partial charge in [-0.15, -0.1) is 0 Å². The lowest BCUT2D eigenvalue weighted by atomic mass is 9.92. The summed E-state index contributed by atoms with van der Waals surface area (Å²) in [7, 11) is 1.86. The molecule has 0 bridgehead atoms. The van der Waals surface area contributed by atoms with E-state index in [9.17, 15) is 8.78 Å². The van der Waals surface area contributed by atoms with Gasteiger partial charge in [-0.3, -0.25) is 0 Å². The minimum absolute atomic E-state index is 0.156. The molecule has 0 spiro atoms. The minimum atomic E-state index is -0.342. The third kappa shape index (κ3) is 3.78. The second kappa shape index (κ2) is 6.82. The lowest BCUT2D eigenvalue weighted by molar-refractivity contribution is 0.607. The van der Waals surface area contributed by atoms with Gasteiger partial charge >= 0.3 is 0 Å². The van der Waals surface area contributed by atoms with Gasteiger partial charge in [-0.2, -0.15) is 0 Å². The maximum Gasteiger partial charge on any atom is 0.124 e. The van der Waals surface area contributed by atoms with Gasteiger partial charge in [-0.05, 0) is 48.9 Å². The first-order valence-corrected chi connectivity index (χ1v) is 6.82. The fourth-order valence-electron chi connectivity index (χ4n) is 2.24. The van der Waals surface area contributed by atoms with Crippen LogP contribution in [0.1, 0.15) is 17.0 Å². The molecule has 0 saturated heterocycles. The number of halogens is 3. The Balaban J connectivity index is 2.22. The Bertz CT molecular complexity index is 569. The van der Waals surface area contributed by atoms with Crippen molar-refractivity contribution in [2.24, 2.45) is 0 Å². The third-order valence-corrected chi connectivity index (χ3v) is 3.63. The van der Waals surface area contributed by atoms with Crippen molar-refractivity contribution in [1.29, 1.82) is 0 Å². The largest absolute Gasteiger partial charge is 0.319 e. The van der Waals surface area contributed by atoms with Crippen LogP contribution in [0.3, 0.4) is 0 Å². The van der Waals surface area contributed by atoms with E-state index in [2.05, 4.69) is 5.32 Å².